The van der Waals surface area contributed by atoms with Crippen LogP contribution in [0.5, 0.6) is 5.75 Å². The molecule has 0 bridgehead atoms. The highest BCUT2D eigenvalue weighted by molar-refractivity contribution is 5.79. The summed E-state index contributed by atoms with van der Waals surface area (Å²) in [5.74, 6) is 0.956. The number of rotatable bonds is 6. The number of amides is 1. The Labute approximate surface area is 127 Å². The largest absolute Gasteiger partial charge is 0.497 e. The summed E-state index contributed by atoms with van der Waals surface area (Å²) in [5, 5.41) is 3.16. The fourth-order valence-corrected chi connectivity index (χ4v) is 2.55. The van der Waals surface area contributed by atoms with E-state index in [0.717, 1.165) is 30.9 Å². The van der Waals surface area contributed by atoms with Crippen LogP contribution in [0.2, 0.25) is 0 Å². The lowest BCUT2D eigenvalue weighted by atomic mass is 9.93. The zero-order chi connectivity index (χ0) is 15.5. The van der Waals surface area contributed by atoms with E-state index >= 15 is 0 Å². The molecule has 1 unspecified atom stereocenters. The molecule has 1 aromatic rings. The average molecular weight is 290 g/mol. The van der Waals surface area contributed by atoms with Crippen LogP contribution in [0.1, 0.15) is 32.8 Å². The molecule has 1 aliphatic heterocycles. The van der Waals surface area contributed by atoms with Crippen molar-refractivity contribution in [2.24, 2.45) is 5.92 Å². The molecule has 1 aromatic carbocycles. The van der Waals surface area contributed by atoms with Crippen LogP contribution in [0.25, 0.3) is 0 Å². The molecule has 1 atom stereocenters. The maximum absolute atomic E-state index is 12.4. The fraction of sp³-hybridized carbons (Fsp3) is 0.588. The molecule has 4 nitrogen and oxygen atoms in total. The summed E-state index contributed by atoms with van der Waals surface area (Å²) < 4.78 is 5.17. The third kappa shape index (κ3) is 3.97. The first kappa shape index (κ1) is 15.8. The summed E-state index contributed by atoms with van der Waals surface area (Å²) in [4.78, 5) is 14.7. The Bertz CT molecular complexity index is 478. The van der Waals surface area contributed by atoms with Crippen LogP contribution in [0.4, 0.5) is 0 Å². The Kier molecular flexibility index (Phi) is 4.88. The number of benzene rings is 1. The predicted octanol–water partition coefficient (Wildman–Crippen LogP) is 2.39. The maximum Gasteiger partial charge on any atom is 0.224 e. The number of carbonyl (C=O) groups excluding carboxylic acids is 1. The number of hydrogen-bond donors (Lipinski definition) is 1. The molecule has 1 N–H and O–H groups in total. The van der Waals surface area contributed by atoms with Crippen LogP contribution < -0.4 is 10.1 Å². The number of methoxy groups -OCH3 is 1. The molecule has 1 fully saturated rings. The van der Waals surface area contributed by atoms with Crippen molar-refractivity contribution < 1.29 is 9.53 Å². The third-order valence-electron chi connectivity index (χ3n) is 4.18. The van der Waals surface area contributed by atoms with Gasteiger partial charge in [0.1, 0.15) is 5.75 Å². The Morgan fingerprint density at radius 1 is 1.33 bits per heavy atom. The van der Waals surface area contributed by atoms with Crippen LogP contribution in [-0.2, 0) is 10.3 Å². The van der Waals surface area contributed by atoms with Gasteiger partial charge in [0.05, 0.1) is 12.6 Å². The number of ether oxygens (including phenoxy) is 1. The van der Waals surface area contributed by atoms with E-state index in [2.05, 4.69) is 10.2 Å². The zero-order valence-electron chi connectivity index (χ0n) is 13.5. The minimum atomic E-state index is -0.382. The van der Waals surface area contributed by atoms with Crippen molar-refractivity contribution in [2.45, 2.75) is 32.7 Å². The molecule has 116 valence electrons. The van der Waals surface area contributed by atoms with E-state index in [-0.39, 0.29) is 17.4 Å². The van der Waals surface area contributed by atoms with E-state index in [1.54, 1.807) is 7.11 Å². The van der Waals surface area contributed by atoms with E-state index in [9.17, 15) is 4.79 Å². The van der Waals surface area contributed by atoms with Gasteiger partial charge in [-0.25, -0.2) is 0 Å². The van der Waals surface area contributed by atoms with Crippen molar-refractivity contribution in [2.75, 3.05) is 26.7 Å². The maximum atomic E-state index is 12.4. The van der Waals surface area contributed by atoms with E-state index in [0.29, 0.717) is 0 Å². The van der Waals surface area contributed by atoms with Gasteiger partial charge < -0.3 is 15.0 Å². The minimum Gasteiger partial charge on any atom is -0.497 e. The molecule has 0 radical (unpaired) electrons. The Morgan fingerprint density at radius 3 is 2.43 bits per heavy atom. The van der Waals surface area contributed by atoms with Crippen molar-refractivity contribution in [3.05, 3.63) is 29.8 Å². The van der Waals surface area contributed by atoms with Gasteiger partial charge >= 0.3 is 0 Å². The molecule has 21 heavy (non-hydrogen) atoms. The predicted molar refractivity (Wildman–Crippen MR) is 84.4 cm³/mol. The van der Waals surface area contributed by atoms with Gasteiger partial charge in [0, 0.05) is 12.5 Å². The second-order valence-electron chi connectivity index (χ2n) is 6.40. The van der Waals surface area contributed by atoms with Gasteiger partial charge in [-0.2, -0.15) is 0 Å². The van der Waals surface area contributed by atoms with Crippen molar-refractivity contribution in [1.29, 1.82) is 0 Å². The molecule has 0 saturated carbocycles. The second kappa shape index (κ2) is 6.48. The number of nitrogens with zero attached hydrogens (tertiary/aromatic N) is 1. The molecule has 0 aromatic heterocycles. The first-order chi connectivity index (χ1) is 9.92. The van der Waals surface area contributed by atoms with Gasteiger partial charge in [-0.15, -0.1) is 0 Å². The summed E-state index contributed by atoms with van der Waals surface area (Å²) in [6, 6.07) is 7.85. The SMILES string of the molecule is COc1ccc(C(C)(C)NC(=O)C(C)CN2CCC2)cc1. The Hall–Kier alpha value is -1.55. The van der Waals surface area contributed by atoms with Crippen LogP contribution in [-0.4, -0.2) is 37.6 Å². The molecule has 4 heteroatoms. The number of likely N-dealkylation sites (tertiary alicyclic amines) is 1. The molecular weight excluding hydrogens is 264 g/mol. The summed E-state index contributed by atoms with van der Waals surface area (Å²) in [6.45, 7) is 9.16. The van der Waals surface area contributed by atoms with Crippen LogP contribution in [0.15, 0.2) is 24.3 Å². The Balaban J connectivity index is 1.95. The normalized spacial score (nSPS) is 17.0. The van der Waals surface area contributed by atoms with E-state index in [1.807, 2.05) is 45.0 Å². The molecule has 1 aliphatic rings. The molecule has 1 heterocycles. The highest BCUT2D eigenvalue weighted by Crippen LogP contribution is 2.23. The molecule has 1 saturated heterocycles. The average Bonchev–Trinajstić information content (AvgIpc) is 2.42. The summed E-state index contributed by atoms with van der Waals surface area (Å²) in [7, 11) is 1.65. The van der Waals surface area contributed by atoms with Gasteiger partial charge in [0.25, 0.3) is 0 Å². The van der Waals surface area contributed by atoms with Crippen molar-refractivity contribution in [1.82, 2.24) is 10.2 Å². The Morgan fingerprint density at radius 2 is 1.95 bits per heavy atom. The van der Waals surface area contributed by atoms with Crippen molar-refractivity contribution in [3.63, 3.8) is 0 Å². The molecular formula is C17H26N2O2. The third-order valence-corrected chi connectivity index (χ3v) is 4.18. The smallest absolute Gasteiger partial charge is 0.224 e. The first-order valence-electron chi connectivity index (χ1n) is 7.61. The molecule has 0 spiro atoms. The molecule has 0 aliphatic carbocycles. The van der Waals surface area contributed by atoms with Gasteiger partial charge in [0.2, 0.25) is 5.91 Å². The van der Waals surface area contributed by atoms with Gasteiger partial charge in [-0.3, -0.25) is 4.79 Å². The van der Waals surface area contributed by atoms with Gasteiger partial charge in [-0.05, 0) is 51.1 Å². The molecule has 2 rings (SSSR count). The number of nitrogens with one attached hydrogen (secondary N) is 1. The minimum absolute atomic E-state index is 0.0165. The second-order valence-corrected chi connectivity index (χ2v) is 6.40. The van der Waals surface area contributed by atoms with Gasteiger partial charge in [-0.1, -0.05) is 19.1 Å². The fourth-order valence-electron chi connectivity index (χ4n) is 2.55. The highest BCUT2D eigenvalue weighted by atomic mass is 16.5. The summed E-state index contributed by atoms with van der Waals surface area (Å²) in [6.07, 6.45) is 1.26. The number of carbonyl (C=O) groups is 1. The summed E-state index contributed by atoms with van der Waals surface area (Å²) in [5.41, 5.74) is 0.694. The molecule has 1 amide bonds. The van der Waals surface area contributed by atoms with E-state index in [4.69, 9.17) is 4.74 Å². The standard InChI is InChI=1S/C17H26N2O2/c1-13(12-19-10-5-11-19)16(20)18-17(2,3)14-6-8-15(21-4)9-7-14/h6-9,13H,5,10-12H2,1-4H3,(H,18,20). The zero-order valence-corrected chi connectivity index (χ0v) is 13.5. The first-order valence-corrected chi connectivity index (χ1v) is 7.61. The van der Waals surface area contributed by atoms with Crippen molar-refractivity contribution in [3.8, 4) is 5.75 Å². The van der Waals surface area contributed by atoms with E-state index in [1.165, 1.54) is 6.42 Å². The van der Waals surface area contributed by atoms with E-state index < -0.39 is 0 Å². The van der Waals surface area contributed by atoms with Crippen LogP contribution in [0.3, 0.4) is 0 Å². The van der Waals surface area contributed by atoms with Crippen LogP contribution in [0, 0.1) is 5.92 Å². The lowest BCUT2D eigenvalue weighted by Gasteiger charge is -2.34. The lowest BCUT2D eigenvalue weighted by molar-refractivity contribution is -0.127. The van der Waals surface area contributed by atoms with Crippen molar-refractivity contribution >= 4 is 5.91 Å². The topological polar surface area (TPSA) is 41.6 Å². The monoisotopic (exact) mass is 290 g/mol. The lowest BCUT2D eigenvalue weighted by Crippen LogP contribution is -2.48. The highest BCUT2D eigenvalue weighted by Gasteiger charge is 2.27. The summed E-state index contributed by atoms with van der Waals surface area (Å²) >= 11 is 0. The number of hydrogen-bond acceptors (Lipinski definition) is 3. The quantitative estimate of drug-likeness (QED) is 0.874. The van der Waals surface area contributed by atoms with Crippen LogP contribution >= 0.6 is 0 Å². The van der Waals surface area contributed by atoms with Gasteiger partial charge in [0.15, 0.2) is 0 Å².